The summed E-state index contributed by atoms with van der Waals surface area (Å²) in [4.78, 5) is 86.9. The molecule has 0 spiro atoms. The first-order valence-electron chi connectivity index (χ1n) is 21.3. The van der Waals surface area contributed by atoms with E-state index in [1.54, 1.807) is 22.9 Å². The topological polar surface area (TPSA) is 191 Å². The number of amides is 4. The minimum atomic E-state index is -1.01. The van der Waals surface area contributed by atoms with E-state index in [4.69, 9.17) is 9.97 Å². The lowest BCUT2D eigenvalue weighted by molar-refractivity contribution is -0.136. The summed E-state index contributed by atoms with van der Waals surface area (Å²) in [6, 6.07) is 16.2. The number of hydrogen-bond donors (Lipinski definition) is 3. The number of allylic oxidation sites excluding steroid dienone is 1. The van der Waals surface area contributed by atoms with Gasteiger partial charge in [0.25, 0.3) is 17.4 Å². The van der Waals surface area contributed by atoms with Crippen LogP contribution in [-0.4, -0.2) is 115 Å². The Balaban J connectivity index is 0.758. The van der Waals surface area contributed by atoms with Crippen molar-refractivity contribution in [2.24, 2.45) is 5.92 Å². The number of aryl methyl sites for hydroxylation is 1. The number of benzene rings is 2. The Bertz CT molecular complexity index is 2730. The standard InChI is InChI=1S/C45H47N11O6/c1-3-18-54-41(59)32-23-46-44(50-39(32)56(54)35-14-8-28-16-17-45(62,4-2)38(28)48-35)47-29-9-11-30(12-10-29)53-25-27(26-53)24-51-19-21-52(22-20-51)33-7-5-6-31-37(33)43(61)55(42(31)60)34-13-15-36(57)49-40(34)58/h3,5-12,14,23,27,34,62H,1,4,13,15-22,24-26H2,2H3,(H,46,47,50)(H,49,57,58)/t34?,45-/m1/s1. The molecular weight excluding hydrogens is 791 g/mol. The van der Waals surface area contributed by atoms with Crippen LogP contribution in [0.25, 0.3) is 16.9 Å². The van der Waals surface area contributed by atoms with Gasteiger partial charge in [0.05, 0.1) is 29.1 Å². The zero-order valence-electron chi connectivity index (χ0n) is 34.4. The second-order valence-electron chi connectivity index (χ2n) is 16.9. The van der Waals surface area contributed by atoms with Gasteiger partial charge in [-0.15, -0.1) is 6.58 Å². The average molecular weight is 838 g/mol. The van der Waals surface area contributed by atoms with Gasteiger partial charge in [-0.05, 0) is 73.7 Å². The fourth-order valence-electron chi connectivity index (χ4n) is 9.69. The zero-order chi connectivity index (χ0) is 42.9. The third kappa shape index (κ3) is 6.62. The molecule has 3 aromatic heterocycles. The van der Waals surface area contributed by atoms with E-state index in [1.165, 1.54) is 10.9 Å². The van der Waals surface area contributed by atoms with E-state index in [0.29, 0.717) is 77.2 Å². The molecule has 3 saturated heterocycles. The van der Waals surface area contributed by atoms with Crippen molar-refractivity contribution in [3.63, 3.8) is 0 Å². The summed E-state index contributed by atoms with van der Waals surface area (Å²) in [6.07, 6.45) is 5.29. The van der Waals surface area contributed by atoms with Gasteiger partial charge in [0.1, 0.15) is 17.0 Å². The fourth-order valence-corrected chi connectivity index (χ4v) is 9.69. The molecule has 17 heteroatoms. The number of piperidine rings is 1. The van der Waals surface area contributed by atoms with E-state index in [0.717, 1.165) is 61.0 Å². The van der Waals surface area contributed by atoms with E-state index in [2.05, 4.69) is 49.0 Å². The summed E-state index contributed by atoms with van der Waals surface area (Å²) in [7, 11) is 0. The van der Waals surface area contributed by atoms with E-state index in [9.17, 15) is 29.1 Å². The van der Waals surface area contributed by atoms with Crippen LogP contribution in [0.1, 0.15) is 64.6 Å². The van der Waals surface area contributed by atoms with Crippen molar-refractivity contribution in [1.82, 2.24) is 39.4 Å². The van der Waals surface area contributed by atoms with Crippen molar-refractivity contribution >= 4 is 57.7 Å². The summed E-state index contributed by atoms with van der Waals surface area (Å²) in [5.41, 5.74) is 4.03. The van der Waals surface area contributed by atoms with Crippen LogP contribution in [0.15, 0.2) is 78.2 Å². The van der Waals surface area contributed by atoms with Gasteiger partial charge in [-0.1, -0.05) is 25.1 Å². The number of aliphatic hydroxyl groups is 1. The number of nitrogens with zero attached hydrogens (tertiary/aromatic N) is 9. The van der Waals surface area contributed by atoms with Crippen LogP contribution in [-0.2, 0) is 28.2 Å². The number of hydrogen-bond acceptors (Lipinski definition) is 13. The molecule has 17 nitrogen and oxygen atoms in total. The molecule has 2 atom stereocenters. The maximum atomic E-state index is 13.6. The highest BCUT2D eigenvalue weighted by Crippen LogP contribution is 2.39. The zero-order valence-corrected chi connectivity index (χ0v) is 34.4. The maximum Gasteiger partial charge on any atom is 0.278 e. The summed E-state index contributed by atoms with van der Waals surface area (Å²) in [5.74, 6) is -0.664. The Morgan fingerprint density at radius 3 is 2.47 bits per heavy atom. The summed E-state index contributed by atoms with van der Waals surface area (Å²) in [6.45, 7) is 11.9. The van der Waals surface area contributed by atoms with Crippen molar-refractivity contribution in [1.29, 1.82) is 0 Å². The first-order chi connectivity index (χ1) is 30.0. The Kier molecular flexibility index (Phi) is 9.74. The second kappa shape index (κ2) is 15.3. The monoisotopic (exact) mass is 837 g/mol. The van der Waals surface area contributed by atoms with Gasteiger partial charge in [-0.25, -0.2) is 19.3 Å². The molecule has 0 radical (unpaired) electrons. The van der Waals surface area contributed by atoms with Crippen molar-refractivity contribution in [2.75, 3.05) is 60.9 Å². The highest BCUT2D eigenvalue weighted by molar-refractivity contribution is 6.25. The van der Waals surface area contributed by atoms with Crippen molar-refractivity contribution in [2.45, 2.75) is 57.2 Å². The molecule has 0 bridgehead atoms. The molecule has 10 rings (SSSR count). The number of carbonyl (C=O) groups is 4. The van der Waals surface area contributed by atoms with Crippen LogP contribution in [0.2, 0.25) is 0 Å². The van der Waals surface area contributed by atoms with Crippen LogP contribution in [0.3, 0.4) is 0 Å². The van der Waals surface area contributed by atoms with E-state index in [1.807, 2.05) is 37.3 Å². The minimum Gasteiger partial charge on any atom is -0.384 e. The highest BCUT2D eigenvalue weighted by atomic mass is 16.3. The van der Waals surface area contributed by atoms with E-state index in [-0.39, 0.29) is 24.9 Å². The third-order valence-corrected chi connectivity index (χ3v) is 13.1. The van der Waals surface area contributed by atoms with Crippen molar-refractivity contribution < 1.29 is 24.3 Å². The second-order valence-corrected chi connectivity index (χ2v) is 16.9. The Labute approximate surface area is 356 Å². The number of aromatic nitrogens is 5. The smallest absolute Gasteiger partial charge is 0.278 e. The average Bonchev–Trinajstić information content (AvgIpc) is 3.84. The number of pyridine rings is 1. The quantitative estimate of drug-likeness (QED) is 0.130. The molecule has 62 heavy (non-hydrogen) atoms. The third-order valence-electron chi connectivity index (χ3n) is 13.1. The van der Waals surface area contributed by atoms with Crippen LogP contribution in [0.5, 0.6) is 0 Å². The van der Waals surface area contributed by atoms with Gasteiger partial charge in [-0.3, -0.25) is 39.1 Å². The predicted octanol–water partition coefficient (Wildman–Crippen LogP) is 3.11. The maximum absolute atomic E-state index is 13.6. The van der Waals surface area contributed by atoms with Gasteiger partial charge in [0.2, 0.25) is 17.8 Å². The van der Waals surface area contributed by atoms with Gasteiger partial charge >= 0.3 is 0 Å². The Morgan fingerprint density at radius 2 is 1.73 bits per heavy atom. The number of piperazine rings is 1. The number of imide groups is 2. The molecule has 4 amide bonds. The summed E-state index contributed by atoms with van der Waals surface area (Å²) < 4.78 is 3.22. The molecule has 5 aliphatic rings. The van der Waals surface area contributed by atoms with Crippen molar-refractivity contribution in [3.05, 3.63) is 106 Å². The van der Waals surface area contributed by atoms with Crippen LogP contribution in [0.4, 0.5) is 23.0 Å². The van der Waals surface area contributed by atoms with Gasteiger partial charge in [0, 0.05) is 75.7 Å². The molecule has 5 aromatic rings. The molecular formula is C45H47N11O6. The number of fused-ring (bicyclic) bond motifs is 3. The lowest BCUT2D eigenvalue weighted by atomic mass is 9.98. The molecule has 1 unspecified atom stereocenters. The summed E-state index contributed by atoms with van der Waals surface area (Å²) >= 11 is 0. The fraction of sp³-hybridized carbons (Fsp3) is 0.378. The molecule has 7 heterocycles. The molecule has 3 N–H and O–H groups in total. The molecule has 1 aliphatic carbocycles. The van der Waals surface area contributed by atoms with Gasteiger partial charge in [-0.2, -0.15) is 4.98 Å². The number of rotatable bonds is 11. The first kappa shape index (κ1) is 39.4. The van der Waals surface area contributed by atoms with Crippen LogP contribution < -0.4 is 26.0 Å². The van der Waals surface area contributed by atoms with Crippen LogP contribution >= 0.6 is 0 Å². The molecule has 2 aromatic carbocycles. The highest BCUT2D eigenvalue weighted by Gasteiger charge is 2.46. The minimum absolute atomic E-state index is 0.0815. The first-order valence-corrected chi connectivity index (χ1v) is 21.3. The largest absolute Gasteiger partial charge is 0.384 e. The van der Waals surface area contributed by atoms with Gasteiger partial charge in [0.15, 0.2) is 11.5 Å². The molecule has 4 aliphatic heterocycles. The van der Waals surface area contributed by atoms with Crippen molar-refractivity contribution in [3.8, 4) is 5.82 Å². The van der Waals surface area contributed by atoms with Gasteiger partial charge < -0.3 is 20.2 Å². The van der Waals surface area contributed by atoms with E-state index >= 15 is 0 Å². The number of anilines is 4. The number of carbonyl (C=O) groups excluding carboxylic acids is 4. The van der Waals surface area contributed by atoms with Crippen LogP contribution in [0, 0.1) is 5.92 Å². The summed E-state index contributed by atoms with van der Waals surface area (Å²) in [5, 5.41) is 17.2. The molecule has 3 fully saturated rings. The lowest BCUT2D eigenvalue weighted by Crippen LogP contribution is -2.55. The van der Waals surface area contributed by atoms with E-state index < -0.39 is 35.3 Å². The Morgan fingerprint density at radius 1 is 0.935 bits per heavy atom. The Hall–Kier alpha value is -6.72. The normalized spacial score (nSPS) is 21.6. The SMILES string of the molecule is C=CCn1c(=O)c2cnc(Nc3ccc(N4CC(CN5CCN(c6cccc7c6C(=O)N(C6CCC(=O)NC6=O)C7=O)CC5)C4)cc3)nc2n1-c1ccc2c(n1)[C@@](O)(CC)CC2. The lowest BCUT2D eigenvalue weighted by Gasteiger charge is -2.45. The predicted molar refractivity (Wildman–Crippen MR) is 231 cm³/mol. The molecule has 318 valence electrons. The molecule has 0 saturated carbocycles. The number of nitrogens with one attached hydrogen (secondary N) is 2.